The van der Waals surface area contributed by atoms with Gasteiger partial charge in [-0.15, -0.1) is 24.0 Å². The lowest BCUT2D eigenvalue weighted by Crippen LogP contribution is -2.41. The molecule has 6 nitrogen and oxygen atoms in total. The van der Waals surface area contributed by atoms with Crippen LogP contribution in [0.25, 0.3) is 0 Å². The molecule has 0 heterocycles. The molecule has 0 bridgehead atoms. The Hall–Kier alpha value is -1.08. The van der Waals surface area contributed by atoms with Crippen LogP contribution in [0.3, 0.4) is 0 Å². The molecular weight excluding hydrogens is 496 g/mol. The Bertz CT molecular complexity index is 712. The number of hydrogen-bond acceptors (Lipinski definition) is 3. The summed E-state index contributed by atoms with van der Waals surface area (Å²) in [6.45, 7) is 2.95. The molecule has 0 amide bonds. The van der Waals surface area contributed by atoms with Crippen molar-refractivity contribution in [1.82, 2.24) is 15.4 Å². The minimum atomic E-state index is -4.35. The summed E-state index contributed by atoms with van der Waals surface area (Å²) in [5.74, 6) is 0.436. The molecule has 0 aliphatic carbocycles. The van der Waals surface area contributed by atoms with Crippen LogP contribution in [-0.2, 0) is 16.2 Å². The number of nitrogens with one attached hydrogen (secondary N) is 3. The molecule has 0 saturated carbocycles. The monoisotopic (exact) mass is 522 g/mol. The zero-order chi connectivity index (χ0) is 19.8. The van der Waals surface area contributed by atoms with Crippen molar-refractivity contribution in [2.75, 3.05) is 32.9 Å². The molecule has 0 fully saturated rings. The second-order valence-electron chi connectivity index (χ2n) is 5.91. The topological polar surface area (TPSA) is 82.6 Å². The summed E-state index contributed by atoms with van der Waals surface area (Å²) in [6.07, 6.45) is -2.65. The Morgan fingerprint density at radius 3 is 2.37 bits per heavy atom. The van der Waals surface area contributed by atoms with Crippen molar-refractivity contribution in [1.29, 1.82) is 0 Å². The van der Waals surface area contributed by atoms with Crippen LogP contribution in [-0.4, -0.2) is 47.3 Å². The fourth-order valence-electron chi connectivity index (χ4n) is 2.23. The van der Waals surface area contributed by atoms with E-state index in [0.29, 0.717) is 31.0 Å². The molecule has 1 atom stereocenters. The Balaban J connectivity index is 0.00000676. The molecule has 0 aliphatic heterocycles. The molecule has 1 unspecified atom stereocenters. The number of rotatable bonds is 8. The highest BCUT2D eigenvalue weighted by molar-refractivity contribution is 14.0. The van der Waals surface area contributed by atoms with Crippen molar-refractivity contribution in [3.05, 3.63) is 35.4 Å². The quantitative estimate of drug-likeness (QED) is 0.212. The summed E-state index contributed by atoms with van der Waals surface area (Å²) >= 11 is 0. The van der Waals surface area contributed by atoms with E-state index in [-0.39, 0.29) is 36.4 Å². The maximum absolute atomic E-state index is 12.8. The molecule has 0 aromatic heterocycles. The summed E-state index contributed by atoms with van der Waals surface area (Å²) < 4.78 is 62.6. The largest absolute Gasteiger partial charge is 0.416 e. The Morgan fingerprint density at radius 2 is 1.81 bits per heavy atom. The van der Waals surface area contributed by atoms with Crippen molar-refractivity contribution in [3.63, 3.8) is 0 Å². The second-order valence-corrected chi connectivity index (χ2v) is 7.74. The van der Waals surface area contributed by atoms with E-state index in [1.54, 1.807) is 13.1 Å². The maximum atomic E-state index is 12.8. The average Bonchev–Trinajstić information content (AvgIpc) is 2.55. The van der Waals surface area contributed by atoms with Gasteiger partial charge in [-0.2, -0.15) is 13.2 Å². The lowest BCUT2D eigenvalue weighted by Gasteiger charge is -2.16. The van der Waals surface area contributed by atoms with Crippen LogP contribution in [0.1, 0.15) is 30.4 Å². The van der Waals surface area contributed by atoms with Crippen molar-refractivity contribution in [2.45, 2.75) is 25.4 Å². The van der Waals surface area contributed by atoms with Gasteiger partial charge in [-0.3, -0.25) is 4.99 Å². The SMILES string of the molecule is CN=C(NCCNS(C)(=O)=O)NCCC(C)c1cccc(C(F)(F)F)c1.I. The van der Waals surface area contributed by atoms with Gasteiger partial charge >= 0.3 is 6.18 Å². The summed E-state index contributed by atoms with van der Waals surface area (Å²) in [7, 11) is -1.65. The molecule has 1 aromatic carbocycles. The number of hydrogen-bond donors (Lipinski definition) is 3. The molecule has 11 heteroatoms. The van der Waals surface area contributed by atoms with Gasteiger partial charge in [0.2, 0.25) is 10.0 Å². The first kappa shape index (κ1) is 25.9. The van der Waals surface area contributed by atoms with E-state index in [2.05, 4.69) is 20.3 Å². The normalized spacial score (nSPS) is 13.6. The molecular formula is C16H26F3IN4O2S. The van der Waals surface area contributed by atoms with E-state index in [9.17, 15) is 21.6 Å². The molecule has 0 radical (unpaired) electrons. The van der Waals surface area contributed by atoms with Crippen LogP contribution in [0.15, 0.2) is 29.3 Å². The zero-order valence-electron chi connectivity index (χ0n) is 15.4. The fourth-order valence-corrected chi connectivity index (χ4v) is 2.71. The first-order valence-electron chi connectivity index (χ1n) is 8.09. The molecule has 0 spiro atoms. The van der Waals surface area contributed by atoms with Crippen molar-refractivity contribution >= 4 is 40.0 Å². The van der Waals surface area contributed by atoms with Gasteiger partial charge in [0, 0.05) is 26.7 Å². The van der Waals surface area contributed by atoms with Crippen LogP contribution in [0.4, 0.5) is 13.2 Å². The third-order valence-electron chi connectivity index (χ3n) is 3.66. The third-order valence-corrected chi connectivity index (χ3v) is 4.39. The summed E-state index contributed by atoms with van der Waals surface area (Å²) in [5.41, 5.74) is -0.0208. The molecule has 27 heavy (non-hydrogen) atoms. The number of alkyl halides is 3. The summed E-state index contributed by atoms with van der Waals surface area (Å²) in [5, 5.41) is 6.00. The van der Waals surface area contributed by atoms with Crippen molar-refractivity contribution in [2.24, 2.45) is 4.99 Å². The van der Waals surface area contributed by atoms with E-state index in [4.69, 9.17) is 0 Å². The van der Waals surface area contributed by atoms with Crippen LogP contribution >= 0.6 is 24.0 Å². The first-order chi connectivity index (χ1) is 12.0. The van der Waals surface area contributed by atoms with Gasteiger partial charge in [0.1, 0.15) is 0 Å². The number of aliphatic imine (C=N–C) groups is 1. The minimum absolute atomic E-state index is 0. The van der Waals surface area contributed by atoms with Crippen LogP contribution < -0.4 is 15.4 Å². The van der Waals surface area contributed by atoms with Crippen LogP contribution in [0, 0.1) is 0 Å². The lowest BCUT2D eigenvalue weighted by atomic mass is 9.96. The van der Waals surface area contributed by atoms with Gasteiger partial charge in [0.15, 0.2) is 5.96 Å². The summed E-state index contributed by atoms with van der Waals surface area (Å²) in [4.78, 5) is 4.01. The highest BCUT2D eigenvalue weighted by Crippen LogP contribution is 2.31. The number of sulfonamides is 1. The number of guanidine groups is 1. The molecule has 0 saturated heterocycles. The number of benzene rings is 1. The fraction of sp³-hybridized carbons (Fsp3) is 0.562. The maximum Gasteiger partial charge on any atom is 0.416 e. The van der Waals surface area contributed by atoms with Gasteiger partial charge in [0.05, 0.1) is 11.8 Å². The van der Waals surface area contributed by atoms with Crippen LogP contribution in [0.5, 0.6) is 0 Å². The Labute approximate surface area is 175 Å². The van der Waals surface area contributed by atoms with E-state index in [1.807, 2.05) is 6.92 Å². The van der Waals surface area contributed by atoms with Gasteiger partial charge in [-0.05, 0) is 24.0 Å². The summed E-state index contributed by atoms with van der Waals surface area (Å²) in [6, 6.07) is 5.33. The van der Waals surface area contributed by atoms with E-state index >= 15 is 0 Å². The Morgan fingerprint density at radius 1 is 1.19 bits per heavy atom. The molecule has 156 valence electrons. The zero-order valence-corrected chi connectivity index (χ0v) is 18.6. The minimum Gasteiger partial charge on any atom is -0.356 e. The Kier molecular flexibility index (Phi) is 11.2. The van der Waals surface area contributed by atoms with E-state index in [0.717, 1.165) is 12.3 Å². The predicted octanol–water partition coefficient (Wildman–Crippen LogP) is 2.53. The molecule has 0 aliphatic rings. The molecule has 1 rings (SSSR count). The van der Waals surface area contributed by atoms with Gasteiger partial charge < -0.3 is 10.6 Å². The average molecular weight is 522 g/mol. The third kappa shape index (κ3) is 10.7. The van der Waals surface area contributed by atoms with E-state index < -0.39 is 21.8 Å². The second kappa shape index (κ2) is 11.7. The highest BCUT2D eigenvalue weighted by atomic mass is 127. The number of nitrogens with zero attached hydrogens (tertiary/aromatic N) is 1. The van der Waals surface area contributed by atoms with Crippen molar-refractivity contribution < 1.29 is 21.6 Å². The first-order valence-corrected chi connectivity index (χ1v) is 9.98. The van der Waals surface area contributed by atoms with Crippen molar-refractivity contribution in [3.8, 4) is 0 Å². The number of halogens is 4. The molecule has 3 N–H and O–H groups in total. The predicted molar refractivity (Wildman–Crippen MR) is 112 cm³/mol. The van der Waals surface area contributed by atoms with Gasteiger partial charge in [-0.1, -0.05) is 25.1 Å². The van der Waals surface area contributed by atoms with Gasteiger partial charge in [-0.25, -0.2) is 13.1 Å². The lowest BCUT2D eigenvalue weighted by molar-refractivity contribution is -0.137. The smallest absolute Gasteiger partial charge is 0.356 e. The van der Waals surface area contributed by atoms with Gasteiger partial charge in [0.25, 0.3) is 0 Å². The van der Waals surface area contributed by atoms with E-state index in [1.165, 1.54) is 12.1 Å². The molecule has 1 aromatic rings. The highest BCUT2D eigenvalue weighted by Gasteiger charge is 2.30. The van der Waals surface area contributed by atoms with Crippen LogP contribution in [0.2, 0.25) is 0 Å². The standard InChI is InChI=1S/C16H25F3N4O2S.HI/c1-12(13-5-4-6-14(11-13)16(17,18)19)7-8-21-15(20-2)22-9-10-23-26(3,24)25;/h4-6,11-12,23H,7-10H2,1-3H3,(H2,20,21,22);1H.